The van der Waals surface area contributed by atoms with Crippen molar-refractivity contribution in [1.82, 2.24) is 10.2 Å². The lowest BCUT2D eigenvalue weighted by molar-refractivity contribution is -0.130. The summed E-state index contributed by atoms with van der Waals surface area (Å²) in [6.07, 6.45) is 0.593. The van der Waals surface area contributed by atoms with E-state index in [2.05, 4.69) is 5.32 Å². The van der Waals surface area contributed by atoms with E-state index in [-0.39, 0.29) is 18.4 Å². The Balaban J connectivity index is 1.54. The van der Waals surface area contributed by atoms with Crippen molar-refractivity contribution in [3.05, 3.63) is 52.5 Å². The van der Waals surface area contributed by atoms with Gasteiger partial charge in [0.15, 0.2) is 18.1 Å². The molecule has 1 aliphatic heterocycles. The van der Waals surface area contributed by atoms with Crippen LogP contribution in [0.2, 0.25) is 5.02 Å². The van der Waals surface area contributed by atoms with Crippen molar-refractivity contribution < 1.29 is 23.8 Å². The van der Waals surface area contributed by atoms with Crippen molar-refractivity contribution in [3.63, 3.8) is 0 Å². The third-order valence-electron chi connectivity index (χ3n) is 4.31. The number of carbonyl (C=O) groups is 2. The van der Waals surface area contributed by atoms with E-state index in [1.165, 1.54) is 4.90 Å². The molecule has 2 aromatic rings. The van der Waals surface area contributed by atoms with Crippen molar-refractivity contribution in [2.75, 3.05) is 40.5 Å². The molecule has 2 aromatic carbocycles. The van der Waals surface area contributed by atoms with Crippen LogP contribution in [0.1, 0.15) is 15.9 Å². The van der Waals surface area contributed by atoms with E-state index < -0.39 is 0 Å². The average molecular weight is 419 g/mol. The molecule has 8 heteroatoms. The second-order valence-electron chi connectivity index (χ2n) is 6.71. The van der Waals surface area contributed by atoms with Gasteiger partial charge in [-0.05, 0) is 42.3 Å². The fourth-order valence-electron chi connectivity index (χ4n) is 2.73. The number of ether oxygens (including phenoxy) is 3. The summed E-state index contributed by atoms with van der Waals surface area (Å²) in [5, 5.41) is 3.37. The van der Waals surface area contributed by atoms with Crippen LogP contribution in [0.4, 0.5) is 0 Å². The third kappa shape index (κ3) is 5.54. The Morgan fingerprint density at radius 2 is 1.97 bits per heavy atom. The summed E-state index contributed by atoms with van der Waals surface area (Å²) in [5.74, 6) is 1.28. The number of nitrogens with one attached hydrogen (secondary N) is 1. The maximum absolute atomic E-state index is 12.4. The molecule has 0 radical (unpaired) electrons. The van der Waals surface area contributed by atoms with Gasteiger partial charge < -0.3 is 24.4 Å². The number of rotatable bonds is 7. The predicted molar refractivity (Wildman–Crippen MR) is 109 cm³/mol. The van der Waals surface area contributed by atoms with Crippen molar-refractivity contribution in [2.45, 2.75) is 6.42 Å². The summed E-state index contributed by atoms with van der Waals surface area (Å²) in [6.45, 7) is 1.32. The molecule has 0 saturated heterocycles. The molecule has 0 spiro atoms. The van der Waals surface area contributed by atoms with Crippen LogP contribution in [-0.2, 0) is 11.2 Å². The Bertz CT molecular complexity index is 901. The van der Waals surface area contributed by atoms with Gasteiger partial charge in [-0.2, -0.15) is 0 Å². The zero-order valence-electron chi connectivity index (χ0n) is 16.4. The first-order valence-electron chi connectivity index (χ1n) is 9.23. The number of fused-ring (bicyclic) bond motifs is 1. The van der Waals surface area contributed by atoms with Gasteiger partial charge in [-0.1, -0.05) is 17.7 Å². The van der Waals surface area contributed by atoms with Crippen molar-refractivity contribution in [2.24, 2.45) is 0 Å². The molecule has 3 rings (SSSR count). The zero-order valence-corrected chi connectivity index (χ0v) is 17.1. The molecule has 1 heterocycles. The lowest BCUT2D eigenvalue weighted by Gasteiger charge is -2.20. The van der Waals surface area contributed by atoms with Crippen LogP contribution in [0, 0.1) is 0 Å². The minimum Gasteiger partial charge on any atom is -0.486 e. The van der Waals surface area contributed by atoms with Gasteiger partial charge in [-0.3, -0.25) is 9.59 Å². The van der Waals surface area contributed by atoms with Gasteiger partial charge in [0.2, 0.25) is 0 Å². The van der Waals surface area contributed by atoms with Gasteiger partial charge in [0, 0.05) is 26.2 Å². The first-order valence-corrected chi connectivity index (χ1v) is 9.61. The molecule has 29 heavy (non-hydrogen) atoms. The molecule has 2 amide bonds. The van der Waals surface area contributed by atoms with Gasteiger partial charge in [-0.15, -0.1) is 0 Å². The lowest BCUT2D eigenvalue weighted by Crippen LogP contribution is -2.28. The van der Waals surface area contributed by atoms with Gasteiger partial charge in [-0.25, -0.2) is 0 Å². The molecule has 0 aromatic heterocycles. The van der Waals surface area contributed by atoms with E-state index in [0.29, 0.717) is 54.0 Å². The minimum atomic E-state index is -0.224. The smallest absolute Gasteiger partial charge is 0.259 e. The molecule has 1 N–H and O–H groups in total. The number of carbonyl (C=O) groups excluding carboxylic acids is 2. The quantitative estimate of drug-likeness (QED) is 0.747. The Hall–Kier alpha value is -2.93. The van der Waals surface area contributed by atoms with E-state index in [4.69, 9.17) is 25.8 Å². The fourth-order valence-corrected chi connectivity index (χ4v) is 3.02. The van der Waals surface area contributed by atoms with Crippen LogP contribution in [0.25, 0.3) is 0 Å². The van der Waals surface area contributed by atoms with E-state index in [9.17, 15) is 9.59 Å². The normalized spacial score (nSPS) is 12.2. The molecular weight excluding hydrogens is 396 g/mol. The average Bonchev–Trinajstić information content (AvgIpc) is 2.72. The van der Waals surface area contributed by atoms with Gasteiger partial charge in [0.25, 0.3) is 11.8 Å². The second kappa shape index (κ2) is 9.52. The standard InChI is InChI=1S/C21H23ClN2O5/c1-24(2)19(25)13-29-16-5-3-4-15(12-16)21(26)23-7-6-14-10-17(22)20-18(11-14)27-8-9-28-20/h3-5,10-12H,6-9,13H2,1-2H3,(H,23,26). The summed E-state index contributed by atoms with van der Waals surface area (Å²) in [4.78, 5) is 25.5. The first-order chi connectivity index (χ1) is 13.9. The molecular formula is C21H23ClN2O5. The monoisotopic (exact) mass is 418 g/mol. The number of amides is 2. The highest BCUT2D eigenvalue weighted by molar-refractivity contribution is 6.32. The van der Waals surface area contributed by atoms with Gasteiger partial charge in [0.05, 0.1) is 5.02 Å². The summed E-state index contributed by atoms with van der Waals surface area (Å²) >= 11 is 6.24. The lowest BCUT2D eigenvalue weighted by atomic mass is 10.1. The zero-order chi connectivity index (χ0) is 20.8. The molecule has 7 nitrogen and oxygen atoms in total. The largest absolute Gasteiger partial charge is 0.486 e. The van der Waals surface area contributed by atoms with E-state index >= 15 is 0 Å². The molecule has 0 unspecified atom stereocenters. The molecule has 0 aliphatic carbocycles. The fraction of sp³-hybridized carbons (Fsp3) is 0.333. The molecule has 0 atom stereocenters. The molecule has 0 saturated carbocycles. The molecule has 1 aliphatic rings. The highest BCUT2D eigenvalue weighted by Gasteiger charge is 2.16. The molecule has 154 valence electrons. The minimum absolute atomic E-state index is 0.0804. The number of likely N-dealkylation sites (N-methyl/N-ethyl adjacent to an activating group) is 1. The van der Waals surface area contributed by atoms with Crippen LogP contribution in [-0.4, -0.2) is 57.2 Å². The highest BCUT2D eigenvalue weighted by Crippen LogP contribution is 2.38. The molecule has 0 bridgehead atoms. The first kappa shape index (κ1) is 20.8. The van der Waals surface area contributed by atoms with Crippen molar-refractivity contribution >= 4 is 23.4 Å². The maximum Gasteiger partial charge on any atom is 0.259 e. The van der Waals surface area contributed by atoms with Gasteiger partial charge in [0.1, 0.15) is 19.0 Å². The van der Waals surface area contributed by atoms with Crippen LogP contribution in [0.15, 0.2) is 36.4 Å². The summed E-state index contributed by atoms with van der Waals surface area (Å²) in [5.41, 5.74) is 1.40. The van der Waals surface area contributed by atoms with Crippen molar-refractivity contribution in [1.29, 1.82) is 0 Å². The number of halogens is 1. The Kier molecular flexibility index (Phi) is 6.82. The summed E-state index contributed by atoms with van der Waals surface area (Å²) in [7, 11) is 3.31. The van der Waals surface area contributed by atoms with Crippen LogP contribution in [0.5, 0.6) is 17.2 Å². The maximum atomic E-state index is 12.4. The van der Waals surface area contributed by atoms with E-state index in [1.807, 2.05) is 12.1 Å². The van der Waals surface area contributed by atoms with Crippen LogP contribution >= 0.6 is 11.6 Å². The third-order valence-corrected chi connectivity index (χ3v) is 4.59. The SMILES string of the molecule is CN(C)C(=O)COc1cccc(C(=O)NCCc2cc(Cl)c3c(c2)OCCO3)c1. The Labute approximate surface area is 174 Å². The predicted octanol–water partition coefficient (Wildman–Crippen LogP) is 2.55. The van der Waals surface area contributed by atoms with Crippen LogP contribution in [0.3, 0.4) is 0 Å². The Morgan fingerprint density at radius 1 is 1.17 bits per heavy atom. The van der Waals surface area contributed by atoms with Gasteiger partial charge >= 0.3 is 0 Å². The second-order valence-corrected chi connectivity index (χ2v) is 7.12. The number of hydrogen-bond donors (Lipinski definition) is 1. The molecule has 0 fully saturated rings. The highest BCUT2D eigenvalue weighted by atomic mass is 35.5. The Morgan fingerprint density at radius 3 is 2.76 bits per heavy atom. The summed E-state index contributed by atoms with van der Waals surface area (Å²) in [6, 6.07) is 10.4. The number of benzene rings is 2. The van der Waals surface area contributed by atoms with Crippen molar-refractivity contribution in [3.8, 4) is 17.2 Å². The number of hydrogen-bond acceptors (Lipinski definition) is 5. The van der Waals surface area contributed by atoms with E-state index in [0.717, 1.165) is 5.56 Å². The van der Waals surface area contributed by atoms with Crippen LogP contribution < -0.4 is 19.5 Å². The topological polar surface area (TPSA) is 77.1 Å². The summed E-state index contributed by atoms with van der Waals surface area (Å²) < 4.78 is 16.5. The number of nitrogens with zero attached hydrogens (tertiary/aromatic N) is 1. The van der Waals surface area contributed by atoms with E-state index in [1.54, 1.807) is 38.4 Å².